The lowest BCUT2D eigenvalue weighted by Crippen LogP contribution is -2.47. The predicted octanol–water partition coefficient (Wildman–Crippen LogP) is 0.689. The molecule has 1 fully saturated rings. The molecule has 2 N–H and O–H groups in total. The van der Waals surface area contributed by atoms with Gasteiger partial charge in [-0.05, 0) is 30.2 Å². The zero-order chi connectivity index (χ0) is 21.6. The summed E-state index contributed by atoms with van der Waals surface area (Å²) in [6.07, 6.45) is -0.0253. The fourth-order valence-electron chi connectivity index (χ4n) is 3.42. The maximum Gasteiger partial charge on any atom is 0.309 e. The van der Waals surface area contributed by atoms with Gasteiger partial charge in [0.15, 0.2) is 11.5 Å². The largest absolute Gasteiger partial charge is 0.454 e. The molecule has 1 unspecified atom stereocenters. The number of amides is 3. The van der Waals surface area contributed by atoms with Crippen LogP contribution in [0.4, 0.5) is 0 Å². The normalized spacial score (nSPS) is 16.8. The van der Waals surface area contributed by atoms with E-state index in [9.17, 15) is 14.4 Å². The van der Waals surface area contributed by atoms with Crippen LogP contribution in [0.1, 0.15) is 15.9 Å². The monoisotopic (exact) mass is 425 g/mol. The van der Waals surface area contributed by atoms with Crippen LogP contribution >= 0.6 is 0 Å². The van der Waals surface area contributed by atoms with Gasteiger partial charge in [0.2, 0.25) is 6.79 Å². The summed E-state index contributed by atoms with van der Waals surface area (Å²) in [4.78, 5) is 38.5. The Balaban J connectivity index is 1.26. The summed E-state index contributed by atoms with van der Waals surface area (Å²) in [6.45, 7) is 1.23. The Hall–Kier alpha value is -3.59. The van der Waals surface area contributed by atoms with Crippen LogP contribution in [0, 0.1) is 0 Å². The minimum absolute atomic E-state index is 0.0151. The molecule has 3 amide bonds. The maximum absolute atomic E-state index is 12.9. The Morgan fingerprint density at radius 2 is 1.74 bits per heavy atom. The van der Waals surface area contributed by atoms with Crippen molar-refractivity contribution in [2.24, 2.45) is 0 Å². The third-order valence-electron chi connectivity index (χ3n) is 5.06. The number of hydrogen-bond donors (Lipinski definition) is 2. The molecule has 2 heterocycles. The first kappa shape index (κ1) is 20.7. The van der Waals surface area contributed by atoms with Crippen molar-refractivity contribution in [2.45, 2.75) is 12.6 Å². The first-order chi connectivity index (χ1) is 15.1. The second-order valence-corrected chi connectivity index (χ2v) is 7.09. The minimum Gasteiger partial charge on any atom is -0.454 e. The van der Waals surface area contributed by atoms with Crippen molar-refractivity contribution in [3.05, 3.63) is 59.7 Å². The van der Waals surface area contributed by atoms with Crippen molar-refractivity contribution in [1.29, 1.82) is 0 Å². The Labute approximate surface area is 179 Å². The van der Waals surface area contributed by atoms with Crippen LogP contribution in [0.25, 0.3) is 0 Å². The number of rotatable bonds is 6. The van der Waals surface area contributed by atoms with E-state index in [-0.39, 0.29) is 19.2 Å². The fraction of sp³-hybridized carbons (Fsp3) is 0.318. The number of nitrogens with one attached hydrogen (secondary N) is 2. The van der Waals surface area contributed by atoms with Gasteiger partial charge in [-0.2, -0.15) is 0 Å². The second-order valence-electron chi connectivity index (χ2n) is 7.09. The van der Waals surface area contributed by atoms with Gasteiger partial charge in [0.25, 0.3) is 5.91 Å². The number of hydrogen-bond acceptors (Lipinski definition) is 6. The van der Waals surface area contributed by atoms with Gasteiger partial charge in [-0.3, -0.25) is 14.4 Å². The zero-order valence-corrected chi connectivity index (χ0v) is 16.8. The Morgan fingerprint density at radius 1 is 0.968 bits per heavy atom. The molecule has 0 radical (unpaired) electrons. The lowest BCUT2D eigenvalue weighted by molar-refractivity contribution is -0.139. The third-order valence-corrected chi connectivity index (χ3v) is 5.06. The molecule has 2 aromatic carbocycles. The average Bonchev–Trinajstić information content (AvgIpc) is 3.46. The number of nitrogens with zero attached hydrogens (tertiary/aromatic N) is 1. The van der Waals surface area contributed by atoms with E-state index in [1.54, 1.807) is 18.2 Å². The molecule has 4 rings (SSSR count). The predicted molar refractivity (Wildman–Crippen MR) is 110 cm³/mol. The van der Waals surface area contributed by atoms with Gasteiger partial charge in [-0.15, -0.1) is 0 Å². The summed E-state index contributed by atoms with van der Waals surface area (Å²) >= 11 is 0. The van der Waals surface area contributed by atoms with Crippen LogP contribution in [0.2, 0.25) is 0 Å². The summed E-state index contributed by atoms with van der Waals surface area (Å²) in [5, 5.41) is 5.13. The summed E-state index contributed by atoms with van der Waals surface area (Å²) in [6, 6.07) is 14.6. The lowest BCUT2D eigenvalue weighted by atomic mass is 10.1. The van der Waals surface area contributed by atoms with Crippen molar-refractivity contribution in [3.63, 3.8) is 0 Å². The van der Waals surface area contributed by atoms with Crippen molar-refractivity contribution in [3.8, 4) is 11.5 Å². The molecule has 9 heteroatoms. The highest BCUT2D eigenvalue weighted by Gasteiger charge is 2.32. The summed E-state index contributed by atoms with van der Waals surface area (Å²) < 4.78 is 16.2. The topological polar surface area (TPSA) is 106 Å². The molecule has 0 bridgehead atoms. The standard InChI is InChI=1S/C22H23N3O6/c26-20(23-9-8-15-4-2-1-3-5-15)21(27)24-13-19-25(10-11-29-19)22(28)16-6-7-17-18(12-16)31-14-30-17/h1-7,12,19H,8-11,13-14H2,(H,23,26)(H,24,27). The highest BCUT2D eigenvalue weighted by molar-refractivity contribution is 6.35. The van der Waals surface area contributed by atoms with Crippen LogP contribution in [-0.4, -0.2) is 61.9 Å². The van der Waals surface area contributed by atoms with Crippen LogP contribution in [0.15, 0.2) is 48.5 Å². The van der Waals surface area contributed by atoms with E-state index in [4.69, 9.17) is 14.2 Å². The van der Waals surface area contributed by atoms with E-state index in [1.165, 1.54) is 4.90 Å². The van der Waals surface area contributed by atoms with Crippen LogP contribution in [0.3, 0.4) is 0 Å². The number of benzene rings is 2. The van der Waals surface area contributed by atoms with Gasteiger partial charge in [-0.25, -0.2) is 0 Å². The molecule has 0 aromatic heterocycles. The highest BCUT2D eigenvalue weighted by atomic mass is 16.7. The van der Waals surface area contributed by atoms with Gasteiger partial charge >= 0.3 is 11.8 Å². The SMILES string of the molecule is O=C(NCCc1ccccc1)C(=O)NCC1OCCN1C(=O)c1ccc2c(c1)OCO2. The van der Waals surface area contributed by atoms with Crippen molar-refractivity contribution < 1.29 is 28.6 Å². The average molecular weight is 425 g/mol. The van der Waals surface area contributed by atoms with Crippen LogP contribution in [-0.2, 0) is 20.7 Å². The molecular formula is C22H23N3O6. The summed E-state index contributed by atoms with van der Waals surface area (Å²) in [5.41, 5.74) is 1.50. The van der Waals surface area contributed by atoms with Gasteiger partial charge in [-0.1, -0.05) is 30.3 Å². The van der Waals surface area contributed by atoms with Crippen LogP contribution in [0.5, 0.6) is 11.5 Å². The third kappa shape index (κ3) is 4.95. The van der Waals surface area contributed by atoms with Crippen molar-refractivity contribution in [2.75, 3.05) is 33.0 Å². The van der Waals surface area contributed by atoms with E-state index in [0.717, 1.165) is 5.56 Å². The summed E-state index contributed by atoms with van der Waals surface area (Å²) in [5.74, 6) is -0.622. The summed E-state index contributed by atoms with van der Waals surface area (Å²) in [7, 11) is 0. The molecule has 31 heavy (non-hydrogen) atoms. The minimum atomic E-state index is -0.765. The second kappa shape index (κ2) is 9.48. The van der Waals surface area contributed by atoms with Gasteiger partial charge in [0.05, 0.1) is 13.2 Å². The quantitative estimate of drug-likeness (QED) is 0.660. The van der Waals surface area contributed by atoms with Crippen molar-refractivity contribution >= 4 is 17.7 Å². The van der Waals surface area contributed by atoms with E-state index in [2.05, 4.69) is 10.6 Å². The molecule has 2 aliphatic heterocycles. The molecule has 0 aliphatic carbocycles. The molecular weight excluding hydrogens is 402 g/mol. The van der Waals surface area contributed by atoms with Crippen LogP contribution < -0.4 is 20.1 Å². The van der Waals surface area contributed by atoms with E-state index >= 15 is 0 Å². The molecule has 162 valence electrons. The number of carbonyl (C=O) groups excluding carboxylic acids is 3. The van der Waals surface area contributed by atoms with E-state index in [1.807, 2.05) is 30.3 Å². The van der Waals surface area contributed by atoms with Gasteiger partial charge in [0.1, 0.15) is 6.23 Å². The Kier molecular flexibility index (Phi) is 6.32. The molecule has 1 saturated heterocycles. The fourth-order valence-corrected chi connectivity index (χ4v) is 3.42. The first-order valence-corrected chi connectivity index (χ1v) is 10.0. The highest BCUT2D eigenvalue weighted by Crippen LogP contribution is 2.33. The molecule has 9 nitrogen and oxygen atoms in total. The van der Waals surface area contributed by atoms with E-state index < -0.39 is 18.0 Å². The van der Waals surface area contributed by atoms with Gasteiger partial charge in [0, 0.05) is 18.7 Å². The Morgan fingerprint density at radius 3 is 2.58 bits per heavy atom. The van der Waals surface area contributed by atoms with Crippen molar-refractivity contribution in [1.82, 2.24) is 15.5 Å². The smallest absolute Gasteiger partial charge is 0.309 e. The molecule has 0 spiro atoms. The molecule has 1 atom stereocenters. The molecule has 2 aliphatic rings. The number of ether oxygens (including phenoxy) is 3. The van der Waals surface area contributed by atoms with Gasteiger partial charge < -0.3 is 29.7 Å². The van der Waals surface area contributed by atoms with E-state index in [0.29, 0.717) is 43.2 Å². The number of fused-ring (bicyclic) bond motifs is 1. The lowest BCUT2D eigenvalue weighted by Gasteiger charge is -2.23. The number of carbonyl (C=O) groups is 3. The first-order valence-electron chi connectivity index (χ1n) is 10.0. The maximum atomic E-state index is 12.9. The molecule has 2 aromatic rings. The Bertz CT molecular complexity index is 965. The zero-order valence-electron chi connectivity index (χ0n) is 16.8. The molecule has 0 saturated carbocycles.